The lowest BCUT2D eigenvalue weighted by molar-refractivity contribution is 0.649. The Balaban J connectivity index is 2.48. The second-order valence-corrected chi connectivity index (χ2v) is 2.82. The topological polar surface area (TPSA) is 76.5 Å². The minimum absolute atomic E-state index is 0.0916. The molecule has 0 aliphatic rings. The zero-order chi connectivity index (χ0) is 10.7. The van der Waals surface area contributed by atoms with Crippen molar-refractivity contribution < 1.29 is 0 Å². The zero-order valence-corrected chi connectivity index (χ0v) is 7.74. The summed E-state index contributed by atoms with van der Waals surface area (Å²) in [6, 6.07) is 10.8. The summed E-state index contributed by atoms with van der Waals surface area (Å²) in [7, 11) is 0. The molecule has 2 rings (SSSR count). The van der Waals surface area contributed by atoms with Crippen molar-refractivity contribution in [1.82, 2.24) is 19.8 Å². The van der Waals surface area contributed by atoms with Crippen molar-refractivity contribution in [3.05, 3.63) is 40.8 Å². The Morgan fingerprint density at radius 2 is 2.00 bits per heavy atom. The van der Waals surface area contributed by atoms with Gasteiger partial charge in [-0.15, -0.1) is 0 Å². The fourth-order valence-electron chi connectivity index (χ4n) is 1.17. The Labute approximate surface area is 85.0 Å². The van der Waals surface area contributed by atoms with Crippen LogP contribution in [0, 0.1) is 11.3 Å². The van der Waals surface area contributed by atoms with Crippen molar-refractivity contribution in [1.29, 1.82) is 5.26 Å². The summed E-state index contributed by atoms with van der Waals surface area (Å²) in [5.41, 5.74) is 0.217. The van der Waals surface area contributed by atoms with Crippen molar-refractivity contribution in [2.24, 2.45) is 0 Å². The normalized spacial score (nSPS) is 9.80. The minimum Gasteiger partial charge on any atom is -0.244 e. The predicted molar refractivity (Wildman–Crippen MR) is 51.2 cm³/mol. The summed E-state index contributed by atoms with van der Waals surface area (Å²) in [6.45, 7) is -0.0916. The lowest BCUT2D eigenvalue weighted by atomic mass is 10.3. The van der Waals surface area contributed by atoms with Crippen LogP contribution in [-0.2, 0) is 6.54 Å². The Morgan fingerprint density at radius 1 is 1.27 bits per heavy atom. The first kappa shape index (κ1) is 9.15. The van der Waals surface area contributed by atoms with Gasteiger partial charge >= 0.3 is 5.69 Å². The van der Waals surface area contributed by atoms with E-state index >= 15 is 0 Å². The van der Waals surface area contributed by atoms with Crippen LogP contribution in [0.2, 0.25) is 0 Å². The van der Waals surface area contributed by atoms with Crippen LogP contribution in [0.4, 0.5) is 0 Å². The zero-order valence-electron chi connectivity index (χ0n) is 7.74. The fraction of sp³-hybridized carbons (Fsp3) is 0.111. The molecule has 0 spiro atoms. The van der Waals surface area contributed by atoms with Gasteiger partial charge in [-0.1, -0.05) is 18.2 Å². The van der Waals surface area contributed by atoms with Gasteiger partial charge in [0.2, 0.25) is 0 Å². The summed E-state index contributed by atoms with van der Waals surface area (Å²) in [5, 5.41) is 15.7. The lowest BCUT2D eigenvalue weighted by Gasteiger charge is -1.95. The van der Waals surface area contributed by atoms with Gasteiger partial charge in [0.25, 0.3) is 0 Å². The van der Waals surface area contributed by atoms with E-state index in [1.807, 2.05) is 12.1 Å². The van der Waals surface area contributed by atoms with Gasteiger partial charge in [-0.25, -0.2) is 4.79 Å². The molecule has 0 aliphatic heterocycles. The molecule has 0 amide bonds. The van der Waals surface area contributed by atoms with Crippen LogP contribution in [0.3, 0.4) is 0 Å². The third-order valence-electron chi connectivity index (χ3n) is 1.86. The lowest BCUT2D eigenvalue weighted by Crippen LogP contribution is -2.23. The highest BCUT2D eigenvalue weighted by Gasteiger charge is 2.06. The molecule has 6 nitrogen and oxygen atoms in total. The molecule has 0 saturated carbocycles. The van der Waals surface area contributed by atoms with E-state index in [9.17, 15) is 4.79 Å². The monoisotopic (exact) mass is 201 g/mol. The van der Waals surface area contributed by atoms with Gasteiger partial charge in [-0.05, 0) is 22.6 Å². The van der Waals surface area contributed by atoms with Gasteiger partial charge in [0.05, 0.1) is 11.8 Å². The third-order valence-corrected chi connectivity index (χ3v) is 1.86. The molecule has 0 radical (unpaired) electrons. The highest BCUT2D eigenvalue weighted by molar-refractivity contribution is 5.28. The van der Waals surface area contributed by atoms with E-state index in [1.165, 1.54) is 0 Å². The number of rotatable bonds is 2. The molecule has 74 valence electrons. The summed E-state index contributed by atoms with van der Waals surface area (Å²) in [6.07, 6.45) is 0. The Hall–Kier alpha value is -2.42. The van der Waals surface area contributed by atoms with E-state index in [2.05, 4.69) is 10.4 Å². The number of nitrogens with zero attached hydrogens (tertiary/aromatic N) is 5. The summed E-state index contributed by atoms with van der Waals surface area (Å²) < 4.78 is 2.16. The molecule has 2 aromatic rings. The van der Waals surface area contributed by atoms with Gasteiger partial charge in [-0.3, -0.25) is 0 Å². The van der Waals surface area contributed by atoms with E-state index in [0.29, 0.717) is 5.69 Å². The Bertz CT molecular complexity index is 548. The first-order chi connectivity index (χ1) is 7.33. The molecule has 0 unspecified atom stereocenters. The molecule has 0 fully saturated rings. The number of aromatic nitrogens is 4. The fourth-order valence-corrected chi connectivity index (χ4v) is 1.17. The Kier molecular flexibility index (Phi) is 2.29. The van der Waals surface area contributed by atoms with Crippen LogP contribution in [0.15, 0.2) is 35.1 Å². The van der Waals surface area contributed by atoms with Crippen LogP contribution in [-0.4, -0.2) is 19.8 Å². The summed E-state index contributed by atoms with van der Waals surface area (Å²) in [5.74, 6) is 0. The van der Waals surface area contributed by atoms with E-state index < -0.39 is 5.69 Å². The minimum atomic E-state index is -0.414. The largest absolute Gasteiger partial charge is 0.369 e. The molecular weight excluding hydrogens is 194 g/mol. The van der Waals surface area contributed by atoms with Crippen LogP contribution in [0.1, 0.15) is 0 Å². The van der Waals surface area contributed by atoms with Gasteiger partial charge in [0.1, 0.15) is 6.54 Å². The van der Waals surface area contributed by atoms with E-state index in [-0.39, 0.29) is 6.54 Å². The van der Waals surface area contributed by atoms with E-state index in [4.69, 9.17) is 5.26 Å². The number of benzene rings is 1. The maximum atomic E-state index is 11.6. The molecule has 1 aromatic heterocycles. The molecule has 6 heteroatoms. The number of nitriles is 1. The number of para-hydroxylation sites is 1. The van der Waals surface area contributed by atoms with E-state index in [0.717, 1.165) is 9.36 Å². The van der Waals surface area contributed by atoms with Crippen molar-refractivity contribution >= 4 is 0 Å². The first-order valence-corrected chi connectivity index (χ1v) is 4.28. The van der Waals surface area contributed by atoms with Crippen LogP contribution in [0.25, 0.3) is 5.69 Å². The molecule has 0 N–H and O–H groups in total. The average Bonchev–Trinajstić information content (AvgIpc) is 2.63. The van der Waals surface area contributed by atoms with Crippen molar-refractivity contribution in [2.75, 3.05) is 0 Å². The predicted octanol–water partition coefficient (Wildman–Crippen LogP) is -0.0474. The molecule has 15 heavy (non-hydrogen) atoms. The summed E-state index contributed by atoms with van der Waals surface area (Å²) >= 11 is 0. The molecule has 0 bridgehead atoms. The molecular formula is C9H7N5O. The Morgan fingerprint density at radius 3 is 2.67 bits per heavy atom. The third kappa shape index (κ3) is 1.62. The first-order valence-electron chi connectivity index (χ1n) is 4.28. The molecule has 0 aliphatic carbocycles. The van der Waals surface area contributed by atoms with Gasteiger partial charge < -0.3 is 0 Å². The van der Waals surface area contributed by atoms with Crippen LogP contribution in [0.5, 0.6) is 0 Å². The quantitative estimate of drug-likeness (QED) is 0.682. The second kappa shape index (κ2) is 3.75. The number of hydrogen-bond acceptors (Lipinski definition) is 4. The second-order valence-electron chi connectivity index (χ2n) is 2.82. The van der Waals surface area contributed by atoms with Crippen molar-refractivity contribution in [2.45, 2.75) is 6.54 Å². The van der Waals surface area contributed by atoms with Crippen LogP contribution < -0.4 is 5.69 Å². The van der Waals surface area contributed by atoms with Gasteiger partial charge in [0.15, 0.2) is 0 Å². The maximum absolute atomic E-state index is 11.6. The molecule has 0 saturated heterocycles. The molecule has 0 atom stereocenters. The highest BCUT2D eigenvalue weighted by Crippen LogP contribution is 2.00. The maximum Gasteiger partial charge on any atom is 0.369 e. The molecule has 1 aromatic carbocycles. The van der Waals surface area contributed by atoms with Crippen LogP contribution >= 0.6 is 0 Å². The van der Waals surface area contributed by atoms with E-state index in [1.54, 1.807) is 24.3 Å². The summed E-state index contributed by atoms with van der Waals surface area (Å²) in [4.78, 5) is 11.6. The van der Waals surface area contributed by atoms with Gasteiger partial charge in [-0.2, -0.15) is 14.6 Å². The number of tetrazole rings is 1. The smallest absolute Gasteiger partial charge is 0.244 e. The highest BCUT2D eigenvalue weighted by atomic mass is 16.2. The SMILES string of the molecule is N#CCn1nnn(-c2ccccc2)c1=O. The number of hydrogen-bond donors (Lipinski definition) is 0. The average molecular weight is 201 g/mol. The van der Waals surface area contributed by atoms with Gasteiger partial charge in [0, 0.05) is 0 Å². The van der Waals surface area contributed by atoms with Crippen molar-refractivity contribution in [3.63, 3.8) is 0 Å². The molecule has 1 heterocycles. The van der Waals surface area contributed by atoms with Crippen molar-refractivity contribution in [3.8, 4) is 11.8 Å². The standard InChI is InChI=1S/C9H7N5O/c10-6-7-13-9(15)14(12-11-13)8-4-2-1-3-5-8/h1-5H,7H2.